The van der Waals surface area contributed by atoms with Gasteiger partial charge in [0.25, 0.3) is 5.91 Å². The summed E-state index contributed by atoms with van der Waals surface area (Å²) in [5.41, 5.74) is 1.97. The molecule has 2 N–H and O–H groups in total. The lowest BCUT2D eigenvalue weighted by Crippen LogP contribution is -2.13. The van der Waals surface area contributed by atoms with Crippen molar-refractivity contribution in [2.24, 2.45) is 0 Å². The second-order valence-electron chi connectivity index (χ2n) is 5.96. The molecule has 0 bridgehead atoms. The van der Waals surface area contributed by atoms with E-state index in [9.17, 15) is 9.59 Å². The molecule has 0 saturated heterocycles. The molecule has 3 rings (SSSR count). The van der Waals surface area contributed by atoms with E-state index in [-0.39, 0.29) is 12.3 Å². The number of carboxylic acid groups (broad SMARTS) is 1. The van der Waals surface area contributed by atoms with Gasteiger partial charge in [0.05, 0.1) is 5.56 Å². The molecule has 5 heteroatoms. The molecule has 0 unspecified atom stereocenters. The molecule has 1 amide bonds. The zero-order chi connectivity index (χ0) is 19.1. The summed E-state index contributed by atoms with van der Waals surface area (Å²) < 4.78 is 5.83. The minimum absolute atomic E-state index is 0.0793. The quantitative estimate of drug-likeness (QED) is 0.637. The lowest BCUT2D eigenvalue weighted by Gasteiger charge is -2.11. The van der Waals surface area contributed by atoms with Gasteiger partial charge in [-0.05, 0) is 48.4 Å². The molecule has 0 aliphatic rings. The number of carboxylic acids is 1. The Morgan fingerprint density at radius 2 is 1.52 bits per heavy atom. The number of hydrogen-bond donors (Lipinski definition) is 2. The maximum atomic E-state index is 12.7. The minimum atomic E-state index is -0.831. The lowest BCUT2D eigenvalue weighted by molar-refractivity contribution is -0.136. The van der Waals surface area contributed by atoms with E-state index in [4.69, 9.17) is 9.84 Å². The zero-order valence-electron chi connectivity index (χ0n) is 14.6. The molecule has 136 valence electrons. The summed E-state index contributed by atoms with van der Waals surface area (Å²) in [5.74, 6) is 0.0158. The number of anilines is 1. The van der Waals surface area contributed by atoms with Crippen LogP contribution < -0.4 is 10.1 Å². The number of carbonyl (C=O) groups is 2. The fourth-order valence-electron chi connectivity index (χ4n) is 2.56. The molecule has 0 spiro atoms. The maximum absolute atomic E-state index is 12.7. The predicted molar refractivity (Wildman–Crippen MR) is 103 cm³/mol. The molecule has 5 nitrogen and oxygen atoms in total. The van der Waals surface area contributed by atoms with Gasteiger partial charge in [-0.25, -0.2) is 0 Å². The standard InChI is InChI=1S/C22H19NO4/c24-21(25)15-12-16-10-13-17(14-11-16)23-22(26)19-8-4-5-9-20(19)27-18-6-2-1-3-7-18/h1-11,13-14H,12,15H2,(H,23,26)(H,24,25). The molecular formula is C22H19NO4. The third-order valence-corrected chi connectivity index (χ3v) is 3.94. The average molecular weight is 361 g/mol. The summed E-state index contributed by atoms with van der Waals surface area (Å²) >= 11 is 0. The number of ether oxygens (including phenoxy) is 1. The fourth-order valence-corrected chi connectivity index (χ4v) is 2.56. The third-order valence-electron chi connectivity index (χ3n) is 3.94. The van der Waals surface area contributed by atoms with Crippen molar-refractivity contribution in [1.29, 1.82) is 0 Å². The largest absolute Gasteiger partial charge is 0.481 e. The van der Waals surface area contributed by atoms with Gasteiger partial charge in [-0.15, -0.1) is 0 Å². The topological polar surface area (TPSA) is 75.6 Å². The van der Waals surface area contributed by atoms with Crippen molar-refractivity contribution >= 4 is 17.6 Å². The lowest BCUT2D eigenvalue weighted by atomic mass is 10.1. The first kappa shape index (κ1) is 18.2. The Morgan fingerprint density at radius 3 is 2.22 bits per heavy atom. The van der Waals surface area contributed by atoms with E-state index in [1.54, 1.807) is 30.3 Å². The van der Waals surface area contributed by atoms with E-state index < -0.39 is 5.97 Å². The van der Waals surface area contributed by atoms with Gasteiger partial charge in [0.2, 0.25) is 0 Å². The number of amides is 1. The van der Waals surface area contributed by atoms with Crippen LogP contribution in [0.15, 0.2) is 78.9 Å². The van der Waals surface area contributed by atoms with Crippen LogP contribution in [-0.4, -0.2) is 17.0 Å². The second kappa shape index (κ2) is 8.67. The number of hydrogen-bond acceptors (Lipinski definition) is 3. The molecule has 0 fully saturated rings. The second-order valence-corrected chi connectivity index (χ2v) is 5.96. The Hall–Kier alpha value is -3.60. The van der Waals surface area contributed by atoms with Crippen molar-refractivity contribution in [1.82, 2.24) is 0 Å². The maximum Gasteiger partial charge on any atom is 0.303 e. The molecule has 0 radical (unpaired) electrons. The first-order chi connectivity index (χ1) is 13.1. The predicted octanol–water partition coefficient (Wildman–Crippen LogP) is 4.75. The van der Waals surface area contributed by atoms with Crippen LogP contribution in [-0.2, 0) is 11.2 Å². The highest BCUT2D eigenvalue weighted by Crippen LogP contribution is 2.26. The Balaban J connectivity index is 1.70. The van der Waals surface area contributed by atoms with Gasteiger partial charge in [0.15, 0.2) is 0 Å². The van der Waals surface area contributed by atoms with E-state index in [1.165, 1.54) is 0 Å². The summed E-state index contributed by atoms with van der Waals surface area (Å²) in [6.07, 6.45) is 0.535. The monoisotopic (exact) mass is 361 g/mol. The Morgan fingerprint density at radius 1 is 0.852 bits per heavy atom. The zero-order valence-corrected chi connectivity index (χ0v) is 14.6. The van der Waals surface area contributed by atoms with Gasteiger partial charge in [0, 0.05) is 12.1 Å². The Labute approximate surface area is 157 Å². The van der Waals surface area contributed by atoms with Crippen LogP contribution >= 0.6 is 0 Å². The molecular weight excluding hydrogens is 342 g/mol. The number of nitrogens with one attached hydrogen (secondary N) is 1. The van der Waals surface area contributed by atoms with Crippen molar-refractivity contribution in [3.05, 3.63) is 90.0 Å². The van der Waals surface area contributed by atoms with Gasteiger partial charge in [-0.3, -0.25) is 9.59 Å². The molecule has 0 aliphatic heterocycles. The van der Waals surface area contributed by atoms with Crippen LogP contribution in [0.25, 0.3) is 0 Å². The highest BCUT2D eigenvalue weighted by atomic mass is 16.5. The molecule has 0 atom stereocenters. The summed E-state index contributed by atoms with van der Waals surface area (Å²) in [4.78, 5) is 23.3. The highest BCUT2D eigenvalue weighted by molar-refractivity contribution is 6.06. The normalized spacial score (nSPS) is 10.2. The molecule has 0 aliphatic carbocycles. The summed E-state index contributed by atoms with van der Waals surface area (Å²) in [6.45, 7) is 0. The molecule has 3 aromatic carbocycles. The molecule has 27 heavy (non-hydrogen) atoms. The summed E-state index contributed by atoms with van der Waals surface area (Å²) in [5, 5.41) is 11.6. The minimum Gasteiger partial charge on any atom is -0.481 e. The number of carbonyl (C=O) groups excluding carboxylic acids is 1. The first-order valence-corrected chi connectivity index (χ1v) is 8.56. The van der Waals surface area contributed by atoms with E-state index in [2.05, 4.69) is 5.32 Å². The van der Waals surface area contributed by atoms with Crippen LogP contribution in [0.4, 0.5) is 5.69 Å². The summed E-state index contributed by atoms with van der Waals surface area (Å²) in [7, 11) is 0. The van der Waals surface area contributed by atoms with Crippen molar-refractivity contribution in [3.63, 3.8) is 0 Å². The van der Waals surface area contributed by atoms with Crippen LogP contribution in [0.3, 0.4) is 0 Å². The van der Waals surface area contributed by atoms with Crippen molar-refractivity contribution in [2.45, 2.75) is 12.8 Å². The van der Waals surface area contributed by atoms with E-state index in [0.717, 1.165) is 5.56 Å². The smallest absolute Gasteiger partial charge is 0.303 e. The number of benzene rings is 3. The van der Waals surface area contributed by atoms with Gasteiger partial charge in [0.1, 0.15) is 11.5 Å². The molecule has 0 aromatic heterocycles. The van der Waals surface area contributed by atoms with Crippen LogP contribution in [0.5, 0.6) is 11.5 Å². The van der Waals surface area contributed by atoms with E-state index in [1.807, 2.05) is 48.5 Å². The Kier molecular flexibility index (Phi) is 5.84. The van der Waals surface area contributed by atoms with Crippen LogP contribution in [0.2, 0.25) is 0 Å². The van der Waals surface area contributed by atoms with E-state index >= 15 is 0 Å². The van der Waals surface area contributed by atoms with Gasteiger partial charge in [-0.2, -0.15) is 0 Å². The molecule has 3 aromatic rings. The first-order valence-electron chi connectivity index (χ1n) is 8.56. The number of para-hydroxylation sites is 2. The van der Waals surface area contributed by atoms with E-state index in [0.29, 0.717) is 29.2 Å². The SMILES string of the molecule is O=C(O)CCc1ccc(NC(=O)c2ccccc2Oc2ccccc2)cc1. The number of aryl methyl sites for hydroxylation is 1. The van der Waals surface area contributed by atoms with Crippen molar-refractivity contribution in [2.75, 3.05) is 5.32 Å². The van der Waals surface area contributed by atoms with Gasteiger partial charge in [-0.1, -0.05) is 42.5 Å². The average Bonchev–Trinajstić information content (AvgIpc) is 2.68. The molecule has 0 heterocycles. The third kappa shape index (κ3) is 5.19. The Bertz CT molecular complexity index is 921. The van der Waals surface area contributed by atoms with Crippen molar-refractivity contribution in [3.8, 4) is 11.5 Å². The van der Waals surface area contributed by atoms with Gasteiger partial charge < -0.3 is 15.2 Å². The highest BCUT2D eigenvalue weighted by Gasteiger charge is 2.13. The summed E-state index contributed by atoms with van der Waals surface area (Å²) in [6, 6.07) is 23.5. The van der Waals surface area contributed by atoms with Crippen LogP contribution in [0.1, 0.15) is 22.3 Å². The van der Waals surface area contributed by atoms with Crippen LogP contribution in [0, 0.1) is 0 Å². The molecule has 0 saturated carbocycles. The number of aliphatic carboxylic acids is 1. The van der Waals surface area contributed by atoms with Crippen molar-refractivity contribution < 1.29 is 19.4 Å². The fraction of sp³-hybridized carbons (Fsp3) is 0.0909. The van der Waals surface area contributed by atoms with Gasteiger partial charge >= 0.3 is 5.97 Å². The number of rotatable bonds is 7.